The first-order valence-corrected chi connectivity index (χ1v) is 12.8. The molecule has 0 saturated heterocycles. The minimum Gasteiger partial charge on any atom is -0.494 e. The molecule has 0 bridgehead atoms. The number of ether oxygens (including phenoxy) is 2. The van der Waals surface area contributed by atoms with Crippen LogP contribution in [0, 0.1) is 0 Å². The summed E-state index contributed by atoms with van der Waals surface area (Å²) in [5.41, 5.74) is 3.93. The van der Waals surface area contributed by atoms with Crippen LogP contribution in [0.2, 0.25) is 0 Å². The molecule has 3 nitrogen and oxygen atoms in total. The van der Waals surface area contributed by atoms with Crippen LogP contribution in [0.15, 0.2) is 72.8 Å². The number of hydrogen-bond donors (Lipinski definition) is 0. The Morgan fingerprint density at radius 1 is 0.618 bits per heavy atom. The van der Waals surface area contributed by atoms with E-state index in [-0.39, 0.29) is 5.97 Å². The van der Waals surface area contributed by atoms with E-state index in [0.717, 1.165) is 36.3 Å². The second-order valence-corrected chi connectivity index (χ2v) is 8.81. The van der Waals surface area contributed by atoms with Crippen LogP contribution in [-0.4, -0.2) is 12.6 Å². The lowest BCUT2D eigenvalue weighted by Gasteiger charge is -2.09. The van der Waals surface area contributed by atoms with Gasteiger partial charge in [-0.2, -0.15) is 0 Å². The predicted octanol–water partition coefficient (Wildman–Crippen LogP) is 8.65. The van der Waals surface area contributed by atoms with Crippen molar-refractivity contribution in [1.29, 1.82) is 0 Å². The molecule has 0 radical (unpaired) electrons. The lowest BCUT2D eigenvalue weighted by molar-refractivity contribution is 0.0735. The topological polar surface area (TPSA) is 35.5 Å². The van der Waals surface area contributed by atoms with Crippen molar-refractivity contribution in [3.8, 4) is 22.6 Å². The third kappa shape index (κ3) is 8.37. The zero-order valence-electron chi connectivity index (χ0n) is 20.7. The number of esters is 1. The SMILES string of the molecule is CCCCCCCCCCOc1ccc(-c2ccc(OC(=O)c3ccc(CC)cc3)cc2)cc1. The number of unbranched alkanes of at least 4 members (excludes halogenated alkanes) is 7. The Hall–Kier alpha value is -3.07. The highest BCUT2D eigenvalue weighted by molar-refractivity contribution is 5.91. The Labute approximate surface area is 205 Å². The zero-order chi connectivity index (χ0) is 24.0. The van der Waals surface area contributed by atoms with Crippen LogP contribution in [0.4, 0.5) is 0 Å². The van der Waals surface area contributed by atoms with E-state index >= 15 is 0 Å². The molecule has 0 N–H and O–H groups in total. The fraction of sp³-hybridized carbons (Fsp3) is 0.387. The monoisotopic (exact) mass is 458 g/mol. The second-order valence-electron chi connectivity index (χ2n) is 8.81. The molecule has 0 heterocycles. The van der Waals surface area contributed by atoms with E-state index < -0.39 is 0 Å². The van der Waals surface area contributed by atoms with Gasteiger partial charge in [-0.3, -0.25) is 0 Å². The molecule has 0 aliphatic rings. The van der Waals surface area contributed by atoms with Crippen LogP contribution in [0.1, 0.15) is 81.1 Å². The van der Waals surface area contributed by atoms with Crippen molar-refractivity contribution < 1.29 is 14.3 Å². The fourth-order valence-electron chi connectivity index (χ4n) is 3.93. The van der Waals surface area contributed by atoms with Crippen LogP contribution in [0.3, 0.4) is 0 Å². The minimum atomic E-state index is -0.339. The van der Waals surface area contributed by atoms with Gasteiger partial charge in [-0.1, -0.05) is 95.2 Å². The Balaban J connectivity index is 1.41. The molecule has 0 aliphatic heterocycles. The van der Waals surface area contributed by atoms with Gasteiger partial charge in [0.2, 0.25) is 0 Å². The maximum atomic E-state index is 12.4. The molecule has 180 valence electrons. The molecule has 0 fully saturated rings. The number of carbonyl (C=O) groups is 1. The van der Waals surface area contributed by atoms with Crippen LogP contribution < -0.4 is 9.47 Å². The maximum Gasteiger partial charge on any atom is 0.343 e. The standard InChI is InChI=1S/C31H38O3/c1-3-5-6-7-8-9-10-11-24-33-29-20-16-26(17-21-29)27-18-22-30(23-19-27)34-31(32)28-14-12-25(4-2)13-15-28/h12-23H,3-11,24H2,1-2H3. The number of aryl methyl sites for hydroxylation is 1. The maximum absolute atomic E-state index is 12.4. The average Bonchev–Trinajstić information content (AvgIpc) is 2.88. The quantitative estimate of drug-likeness (QED) is 0.138. The first-order chi connectivity index (χ1) is 16.7. The Morgan fingerprint density at radius 3 is 1.71 bits per heavy atom. The second kappa shape index (κ2) is 14.2. The van der Waals surface area contributed by atoms with Gasteiger partial charge >= 0.3 is 5.97 Å². The zero-order valence-corrected chi connectivity index (χ0v) is 20.7. The molecule has 0 unspecified atom stereocenters. The molecular formula is C31H38O3. The highest BCUT2D eigenvalue weighted by Gasteiger charge is 2.09. The van der Waals surface area contributed by atoms with E-state index in [4.69, 9.17) is 9.47 Å². The molecule has 0 atom stereocenters. The van der Waals surface area contributed by atoms with Crippen molar-refractivity contribution in [2.75, 3.05) is 6.61 Å². The van der Waals surface area contributed by atoms with Gasteiger partial charge < -0.3 is 9.47 Å². The Morgan fingerprint density at radius 2 is 1.15 bits per heavy atom. The van der Waals surface area contributed by atoms with E-state index in [2.05, 4.69) is 26.0 Å². The van der Waals surface area contributed by atoms with Crippen molar-refractivity contribution in [2.45, 2.75) is 71.6 Å². The van der Waals surface area contributed by atoms with Gasteiger partial charge in [-0.05, 0) is 65.9 Å². The normalized spacial score (nSPS) is 10.8. The van der Waals surface area contributed by atoms with Crippen molar-refractivity contribution in [3.63, 3.8) is 0 Å². The van der Waals surface area contributed by atoms with Gasteiger partial charge in [0.15, 0.2) is 0 Å². The van der Waals surface area contributed by atoms with Gasteiger partial charge in [-0.15, -0.1) is 0 Å². The van der Waals surface area contributed by atoms with Crippen molar-refractivity contribution in [3.05, 3.63) is 83.9 Å². The van der Waals surface area contributed by atoms with E-state index in [9.17, 15) is 4.79 Å². The average molecular weight is 459 g/mol. The minimum absolute atomic E-state index is 0.339. The number of rotatable bonds is 14. The first-order valence-electron chi connectivity index (χ1n) is 12.8. The van der Waals surface area contributed by atoms with Gasteiger partial charge in [-0.25, -0.2) is 4.79 Å². The largest absolute Gasteiger partial charge is 0.494 e. The van der Waals surface area contributed by atoms with Gasteiger partial charge in [0.1, 0.15) is 11.5 Å². The molecule has 0 spiro atoms. The molecule has 0 saturated carbocycles. The summed E-state index contributed by atoms with van der Waals surface area (Å²) in [5, 5.41) is 0. The molecule has 3 aromatic rings. The Kier molecular flexibility index (Phi) is 10.7. The summed E-state index contributed by atoms with van der Waals surface area (Å²) >= 11 is 0. The lowest BCUT2D eigenvalue weighted by Crippen LogP contribution is -2.08. The van der Waals surface area contributed by atoms with Crippen molar-refractivity contribution in [2.24, 2.45) is 0 Å². The molecule has 3 aromatic carbocycles. The summed E-state index contributed by atoms with van der Waals surface area (Å²) in [7, 11) is 0. The molecule has 3 heteroatoms. The van der Waals surface area contributed by atoms with E-state index in [1.54, 1.807) is 0 Å². The van der Waals surface area contributed by atoms with Gasteiger partial charge in [0, 0.05) is 0 Å². The fourth-order valence-corrected chi connectivity index (χ4v) is 3.93. The first kappa shape index (κ1) is 25.6. The third-order valence-electron chi connectivity index (χ3n) is 6.12. The molecule has 3 rings (SSSR count). The predicted molar refractivity (Wildman–Crippen MR) is 141 cm³/mol. The van der Waals surface area contributed by atoms with E-state index in [1.807, 2.05) is 60.7 Å². The van der Waals surface area contributed by atoms with E-state index in [0.29, 0.717) is 11.3 Å². The van der Waals surface area contributed by atoms with E-state index in [1.165, 1.54) is 50.5 Å². The smallest absolute Gasteiger partial charge is 0.343 e. The molecule has 34 heavy (non-hydrogen) atoms. The Bertz CT molecular complexity index is 973. The summed E-state index contributed by atoms with van der Waals surface area (Å²) < 4.78 is 11.4. The number of carbonyl (C=O) groups excluding carboxylic acids is 1. The summed E-state index contributed by atoms with van der Waals surface area (Å²) in [5.74, 6) is 1.11. The third-order valence-corrected chi connectivity index (χ3v) is 6.12. The highest BCUT2D eigenvalue weighted by Crippen LogP contribution is 2.25. The number of benzene rings is 3. The van der Waals surface area contributed by atoms with Crippen LogP contribution >= 0.6 is 0 Å². The van der Waals surface area contributed by atoms with Crippen LogP contribution in [0.5, 0.6) is 11.5 Å². The summed E-state index contributed by atoms with van der Waals surface area (Å²) in [6.45, 7) is 5.12. The molecular weight excluding hydrogens is 420 g/mol. The lowest BCUT2D eigenvalue weighted by atomic mass is 10.1. The van der Waals surface area contributed by atoms with Gasteiger partial charge in [0.05, 0.1) is 12.2 Å². The van der Waals surface area contributed by atoms with Gasteiger partial charge in [0.25, 0.3) is 0 Å². The van der Waals surface area contributed by atoms with Crippen molar-refractivity contribution in [1.82, 2.24) is 0 Å². The van der Waals surface area contributed by atoms with Crippen LogP contribution in [-0.2, 0) is 6.42 Å². The summed E-state index contributed by atoms with van der Waals surface area (Å²) in [4.78, 5) is 12.4. The highest BCUT2D eigenvalue weighted by atomic mass is 16.5. The van der Waals surface area contributed by atoms with Crippen LogP contribution in [0.25, 0.3) is 11.1 Å². The molecule has 0 amide bonds. The molecule has 0 aliphatic carbocycles. The molecule has 0 aromatic heterocycles. The number of hydrogen-bond acceptors (Lipinski definition) is 3. The summed E-state index contributed by atoms with van der Waals surface area (Å²) in [6.07, 6.45) is 11.4. The summed E-state index contributed by atoms with van der Waals surface area (Å²) in [6, 6.07) is 23.3. The van der Waals surface area contributed by atoms with Crippen molar-refractivity contribution >= 4 is 5.97 Å².